The molecule has 2 heterocycles. The number of aryl methyl sites for hydroxylation is 1. The third-order valence-electron chi connectivity index (χ3n) is 5.80. The van der Waals surface area contributed by atoms with Crippen LogP contribution >= 0.6 is 24.0 Å². The predicted octanol–water partition coefficient (Wildman–Crippen LogP) is 3.89. The fourth-order valence-electron chi connectivity index (χ4n) is 4.42. The molecule has 6 nitrogen and oxygen atoms in total. The molecule has 2 N–H and O–H groups in total. The SMILES string of the molecule is CCNC(=NCc1nnc2n1CCCCC2)NCC1(CC(C)C)CCC1.I. The van der Waals surface area contributed by atoms with Crippen LogP contribution in [0.2, 0.25) is 0 Å². The third kappa shape index (κ3) is 6.06. The van der Waals surface area contributed by atoms with Gasteiger partial charge in [0.25, 0.3) is 0 Å². The molecule has 1 saturated carbocycles. The second-order valence-electron chi connectivity index (χ2n) is 8.49. The Kier molecular flexibility index (Phi) is 8.82. The molecule has 1 aliphatic carbocycles. The first-order chi connectivity index (χ1) is 12.6. The molecule has 0 atom stereocenters. The molecule has 0 radical (unpaired) electrons. The van der Waals surface area contributed by atoms with Gasteiger partial charge in [0, 0.05) is 26.1 Å². The smallest absolute Gasteiger partial charge is 0.191 e. The number of hydrogen-bond acceptors (Lipinski definition) is 3. The van der Waals surface area contributed by atoms with Gasteiger partial charge in [-0.1, -0.05) is 26.7 Å². The van der Waals surface area contributed by atoms with E-state index in [2.05, 4.69) is 46.2 Å². The molecule has 1 aliphatic heterocycles. The van der Waals surface area contributed by atoms with Crippen LogP contribution in [-0.4, -0.2) is 33.8 Å². The topological polar surface area (TPSA) is 67.1 Å². The highest BCUT2D eigenvalue weighted by atomic mass is 127. The number of guanidine groups is 1. The van der Waals surface area contributed by atoms with Gasteiger partial charge in [-0.15, -0.1) is 34.2 Å². The molecule has 1 fully saturated rings. The van der Waals surface area contributed by atoms with Crippen molar-refractivity contribution in [2.45, 2.75) is 85.2 Å². The lowest BCUT2D eigenvalue weighted by atomic mass is 9.64. The van der Waals surface area contributed by atoms with Crippen LogP contribution in [0.25, 0.3) is 0 Å². The molecule has 0 amide bonds. The summed E-state index contributed by atoms with van der Waals surface area (Å²) in [6.45, 7) is 10.3. The molecule has 3 rings (SSSR count). The molecular formula is C20H37IN6. The molecule has 154 valence electrons. The van der Waals surface area contributed by atoms with Gasteiger partial charge in [0.2, 0.25) is 0 Å². The average Bonchev–Trinajstić information content (AvgIpc) is 2.81. The van der Waals surface area contributed by atoms with E-state index in [1.807, 2.05) is 0 Å². The molecule has 0 aromatic carbocycles. The quantitative estimate of drug-likeness (QED) is 0.347. The molecule has 27 heavy (non-hydrogen) atoms. The van der Waals surface area contributed by atoms with E-state index < -0.39 is 0 Å². The zero-order valence-corrected chi connectivity index (χ0v) is 19.6. The van der Waals surface area contributed by atoms with E-state index in [9.17, 15) is 0 Å². The van der Waals surface area contributed by atoms with E-state index in [1.54, 1.807) is 0 Å². The Morgan fingerprint density at radius 1 is 1.15 bits per heavy atom. The van der Waals surface area contributed by atoms with Crippen molar-refractivity contribution < 1.29 is 0 Å². The second-order valence-corrected chi connectivity index (χ2v) is 8.49. The van der Waals surface area contributed by atoms with Gasteiger partial charge < -0.3 is 15.2 Å². The monoisotopic (exact) mass is 488 g/mol. The number of nitrogens with zero attached hydrogens (tertiary/aromatic N) is 4. The number of nitrogens with one attached hydrogen (secondary N) is 2. The summed E-state index contributed by atoms with van der Waals surface area (Å²) in [5.41, 5.74) is 0.469. The lowest BCUT2D eigenvalue weighted by Crippen LogP contribution is -2.47. The fraction of sp³-hybridized carbons (Fsp3) is 0.850. The number of aliphatic imine (C=N–C) groups is 1. The van der Waals surface area contributed by atoms with Gasteiger partial charge in [0.1, 0.15) is 12.4 Å². The Bertz CT molecular complexity index is 606. The standard InChI is InChI=1S/C20H36N6.HI/c1-4-21-19(23-15-20(10-8-11-20)13-16(2)3)22-14-18-25-24-17-9-6-5-7-12-26(17)18;/h16H,4-15H2,1-3H3,(H2,21,22,23);1H. The van der Waals surface area contributed by atoms with Crippen molar-refractivity contribution in [2.75, 3.05) is 13.1 Å². The maximum atomic E-state index is 4.81. The van der Waals surface area contributed by atoms with Crippen LogP contribution in [0, 0.1) is 11.3 Å². The van der Waals surface area contributed by atoms with Gasteiger partial charge in [0.15, 0.2) is 11.8 Å². The minimum atomic E-state index is 0. The van der Waals surface area contributed by atoms with Gasteiger partial charge >= 0.3 is 0 Å². The van der Waals surface area contributed by atoms with E-state index in [1.165, 1.54) is 44.9 Å². The van der Waals surface area contributed by atoms with Gasteiger partial charge in [0.05, 0.1) is 0 Å². The van der Waals surface area contributed by atoms with Crippen LogP contribution < -0.4 is 10.6 Å². The van der Waals surface area contributed by atoms with Gasteiger partial charge in [-0.05, 0) is 50.4 Å². The van der Waals surface area contributed by atoms with Crippen LogP contribution in [0.3, 0.4) is 0 Å². The maximum Gasteiger partial charge on any atom is 0.191 e. The van der Waals surface area contributed by atoms with Crippen LogP contribution in [0.4, 0.5) is 0 Å². The van der Waals surface area contributed by atoms with Crippen molar-refractivity contribution >= 4 is 29.9 Å². The fourth-order valence-corrected chi connectivity index (χ4v) is 4.42. The molecule has 2 aliphatic rings. The summed E-state index contributed by atoms with van der Waals surface area (Å²) in [5.74, 6) is 3.80. The predicted molar refractivity (Wildman–Crippen MR) is 122 cm³/mol. The number of hydrogen-bond donors (Lipinski definition) is 2. The summed E-state index contributed by atoms with van der Waals surface area (Å²) >= 11 is 0. The zero-order valence-electron chi connectivity index (χ0n) is 17.3. The van der Waals surface area contributed by atoms with E-state index >= 15 is 0 Å². The summed E-state index contributed by atoms with van der Waals surface area (Å²) in [6, 6.07) is 0. The van der Waals surface area contributed by atoms with Crippen molar-refractivity contribution in [3.05, 3.63) is 11.6 Å². The largest absolute Gasteiger partial charge is 0.357 e. The minimum Gasteiger partial charge on any atom is -0.357 e. The number of aromatic nitrogens is 3. The van der Waals surface area contributed by atoms with Gasteiger partial charge in [-0.25, -0.2) is 4.99 Å². The first kappa shape index (κ1) is 22.4. The lowest BCUT2D eigenvalue weighted by molar-refractivity contribution is 0.104. The third-order valence-corrected chi connectivity index (χ3v) is 5.80. The van der Waals surface area contributed by atoms with Crippen LogP contribution in [0.15, 0.2) is 4.99 Å². The second kappa shape index (κ2) is 10.6. The minimum absolute atomic E-state index is 0. The van der Waals surface area contributed by atoms with Crippen LogP contribution in [0.1, 0.15) is 77.4 Å². The molecule has 0 spiro atoms. The zero-order chi connectivity index (χ0) is 18.4. The number of fused-ring (bicyclic) bond motifs is 1. The van der Waals surface area contributed by atoms with Crippen LogP contribution in [-0.2, 0) is 19.5 Å². The van der Waals surface area contributed by atoms with E-state index in [0.717, 1.165) is 49.6 Å². The first-order valence-corrected chi connectivity index (χ1v) is 10.5. The highest BCUT2D eigenvalue weighted by Crippen LogP contribution is 2.45. The maximum absolute atomic E-state index is 4.81. The molecule has 1 aromatic heterocycles. The van der Waals surface area contributed by atoms with Gasteiger partial charge in [-0.3, -0.25) is 0 Å². The van der Waals surface area contributed by atoms with Crippen LogP contribution in [0.5, 0.6) is 0 Å². The molecule has 7 heteroatoms. The lowest BCUT2D eigenvalue weighted by Gasteiger charge is -2.43. The van der Waals surface area contributed by atoms with Crippen molar-refractivity contribution in [1.29, 1.82) is 0 Å². The summed E-state index contributed by atoms with van der Waals surface area (Å²) in [5, 5.41) is 15.8. The molecule has 0 bridgehead atoms. The number of rotatable bonds is 7. The summed E-state index contributed by atoms with van der Waals surface area (Å²) < 4.78 is 2.28. The normalized spacial score (nSPS) is 18.9. The molecule has 0 unspecified atom stereocenters. The highest BCUT2D eigenvalue weighted by molar-refractivity contribution is 14.0. The molecule has 0 saturated heterocycles. The Morgan fingerprint density at radius 2 is 1.96 bits per heavy atom. The van der Waals surface area contributed by atoms with Crippen molar-refractivity contribution in [1.82, 2.24) is 25.4 Å². The Balaban J connectivity index is 0.00000261. The molecule has 1 aromatic rings. The van der Waals surface area contributed by atoms with Crippen molar-refractivity contribution in [3.63, 3.8) is 0 Å². The summed E-state index contributed by atoms with van der Waals surface area (Å²) in [4.78, 5) is 4.81. The van der Waals surface area contributed by atoms with Crippen molar-refractivity contribution in [3.8, 4) is 0 Å². The van der Waals surface area contributed by atoms with Gasteiger partial charge in [-0.2, -0.15) is 0 Å². The number of halogens is 1. The van der Waals surface area contributed by atoms with Crippen molar-refractivity contribution in [2.24, 2.45) is 16.3 Å². The van der Waals surface area contributed by atoms with E-state index in [4.69, 9.17) is 4.99 Å². The molecular weight excluding hydrogens is 451 g/mol. The Hall–Kier alpha value is -0.860. The summed E-state index contributed by atoms with van der Waals surface area (Å²) in [6.07, 6.45) is 10.1. The summed E-state index contributed by atoms with van der Waals surface area (Å²) in [7, 11) is 0. The highest BCUT2D eigenvalue weighted by Gasteiger charge is 2.37. The van der Waals surface area contributed by atoms with E-state index in [0.29, 0.717) is 12.0 Å². The first-order valence-electron chi connectivity index (χ1n) is 10.5. The Morgan fingerprint density at radius 3 is 2.63 bits per heavy atom. The Labute approximate surface area is 181 Å². The average molecular weight is 488 g/mol. The van der Waals surface area contributed by atoms with E-state index in [-0.39, 0.29) is 24.0 Å².